The van der Waals surface area contributed by atoms with Crippen molar-refractivity contribution in [3.05, 3.63) is 94.3 Å². The summed E-state index contributed by atoms with van der Waals surface area (Å²) in [7, 11) is 1.57. The summed E-state index contributed by atoms with van der Waals surface area (Å²) in [5.41, 5.74) is 1.72. The molecule has 0 saturated carbocycles. The number of Topliss-reactive ketones (excluding diaryl/α,β-unsaturated/α-hetero) is 1. The molecule has 4 rings (SSSR count). The first-order valence-corrected chi connectivity index (χ1v) is 11.1. The van der Waals surface area contributed by atoms with Crippen LogP contribution in [0.5, 0.6) is 11.5 Å². The highest BCUT2D eigenvalue weighted by atomic mass is 35.5. The summed E-state index contributed by atoms with van der Waals surface area (Å²) in [5, 5.41) is 11.6. The Kier molecular flexibility index (Phi) is 6.84. The van der Waals surface area contributed by atoms with Gasteiger partial charge in [0, 0.05) is 24.5 Å². The molecule has 1 unspecified atom stereocenters. The summed E-state index contributed by atoms with van der Waals surface area (Å²) in [4.78, 5) is 31.9. The third-order valence-corrected chi connectivity index (χ3v) is 5.87. The number of likely N-dealkylation sites (tertiary alicyclic amines) is 1. The average Bonchev–Trinajstić information content (AvgIpc) is 3.11. The standard InChI is InChI=1S/C26H23ClN2O5/c1-3-34-21-13-17(8-11-20(21)27)24(30)22-23(18-5-4-12-28-14-18)29(26(32)25(22)31)15-16-6-9-19(33-2)10-7-16/h4-14,23,30H,3,15H2,1-2H3/b24-22-. The van der Waals surface area contributed by atoms with Gasteiger partial charge in [-0.25, -0.2) is 0 Å². The summed E-state index contributed by atoms with van der Waals surface area (Å²) >= 11 is 6.18. The molecule has 3 aromatic rings. The highest BCUT2D eigenvalue weighted by molar-refractivity contribution is 6.46. The van der Waals surface area contributed by atoms with Gasteiger partial charge in [-0.1, -0.05) is 29.8 Å². The zero-order valence-electron chi connectivity index (χ0n) is 18.7. The van der Waals surface area contributed by atoms with Crippen molar-refractivity contribution >= 4 is 29.1 Å². The number of ether oxygens (including phenoxy) is 2. The summed E-state index contributed by atoms with van der Waals surface area (Å²) in [6.45, 7) is 2.36. The SMILES string of the molecule is CCOc1cc(/C(O)=C2/C(=O)C(=O)N(Cc3ccc(OC)cc3)C2c2cccnc2)ccc1Cl. The molecular formula is C26H23ClN2O5. The van der Waals surface area contributed by atoms with Crippen molar-refractivity contribution in [2.75, 3.05) is 13.7 Å². The molecule has 1 fully saturated rings. The minimum Gasteiger partial charge on any atom is -0.507 e. The molecule has 2 aromatic carbocycles. The Labute approximate surface area is 202 Å². The lowest BCUT2D eigenvalue weighted by Crippen LogP contribution is -2.29. The molecule has 0 spiro atoms. The van der Waals surface area contributed by atoms with Crippen molar-refractivity contribution in [1.82, 2.24) is 9.88 Å². The molecule has 34 heavy (non-hydrogen) atoms. The number of aliphatic hydroxyl groups excluding tert-OH is 1. The van der Waals surface area contributed by atoms with Crippen molar-refractivity contribution in [3.8, 4) is 11.5 Å². The van der Waals surface area contributed by atoms with Crippen LogP contribution in [0.3, 0.4) is 0 Å². The van der Waals surface area contributed by atoms with Gasteiger partial charge in [0.2, 0.25) is 0 Å². The van der Waals surface area contributed by atoms with Gasteiger partial charge in [0.1, 0.15) is 17.3 Å². The van der Waals surface area contributed by atoms with Crippen molar-refractivity contribution in [2.45, 2.75) is 19.5 Å². The van der Waals surface area contributed by atoms with Crippen molar-refractivity contribution in [1.29, 1.82) is 0 Å². The second kappa shape index (κ2) is 9.97. The first-order chi connectivity index (χ1) is 16.4. The molecule has 1 aliphatic heterocycles. The van der Waals surface area contributed by atoms with Crippen LogP contribution in [0, 0.1) is 0 Å². The van der Waals surface area contributed by atoms with E-state index in [1.807, 2.05) is 19.1 Å². The molecule has 1 N–H and O–H groups in total. The molecule has 0 bridgehead atoms. The number of methoxy groups -OCH3 is 1. The van der Waals surface area contributed by atoms with Gasteiger partial charge in [-0.3, -0.25) is 14.6 Å². The van der Waals surface area contributed by atoms with E-state index in [-0.39, 0.29) is 17.9 Å². The fourth-order valence-electron chi connectivity index (χ4n) is 3.93. The van der Waals surface area contributed by atoms with E-state index >= 15 is 0 Å². The number of benzene rings is 2. The van der Waals surface area contributed by atoms with Crippen LogP contribution < -0.4 is 9.47 Å². The molecule has 0 radical (unpaired) electrons. The minimum absolute atomic E-state index is 0.0173. The molecule has 2 heterocycles. The van der Waals surface area contributed by atoms with E-state index in [1.165, 1.54) is 4.90 Å². The molecule has 1 aliphatic rings. The Morgan fingerprint density at radius 3 is 2.56 bits per heavy atom. The number of carbonyl (C=O) groups excluding carboxylic acids is 2. The van der Waals surface area contributed by atoms with Crippen molar-refractivity contribution in [2.24, 2.45) is 0 Å². The summed E-state index contributed by atoms with van der Waals surface area (Å²) in [6, 6.07) is 14.6. The van der Waals surface area contributed by atoms with Crippen LogP contribution in [-0.4, -0.2) is 40.4 Å². The quantitative estimate of drug-likeness (QED) is 0.299. The Morgan fingerprint density at radius 1 is 1.15 bits per heavy atom. The Morgan fingerprint density at radius 2 is 1.91 bits per heavy atom. The van der Waals surface area contributed by atoms with E-state index < -0.39 is 17.7 Å². The molecule has 1 saturated heterocycles. The van der Waals surface area contributed by atoms with E-state index in [4.69, 9.17) is 21.1 Å². The van der Waals surface area contributed by atoms with Crippen LogP contribution in [0.15, 0.2) is 72.6 Å². The first-order valence-electron chi connectivity index (χ1n) is 10.7. The van der Waals surface area contributed by atoms with Gasteiger partial charge in [-0.05, 0) is 54.4 Å². The number of aromatic nitrogens is 1. The predicted molar refractivity (Wildman–Crippen MR) is 128 cm³/mol. The Hall–Kier alpha value is -3.84. The topological polar surface area (TPSA) is 89.0 Å². The molecule has 1 aromatic heterocycles. The van der Waals surface area contributed by atoms with Crippen LogP contribution in [-0.2, 0) is 16.1 Å². The zero-order chi connectivity index (χ0) is 24.2. The summed E-state index contributed by atoms with van der Waals surface area (Å²) in [6.07, 6.45) is 3.19. The maximum Gasteiger partial charge on any atom is 0.295 e. The van der Waals surface area contributed by atoms with Crippen LogP contribution >= 0.6 is 11.6 Å². The Balaban J connectivity index is 1.81. The molecule has 0 aliphatic carbocycles. The number of aliphatic hydroxyl groups is 1. The number of nitrogens with zero attached hydrogens (tertiary/aromatic N) is 2. The van der Waals surface area contributed by atoms with E-state index in [9.17, 15) is 14.7 Å². The monoisotopic (exact) mass is 478 g/mol. The van der Waals surface area contributed by atoms with Gasteiger partial charge in [0.15, 0.2) is 0 Å². The largest absolute Gasteiger partial charge is 0.507 e. The highest BCUT2D eigenvalue weighted by Gasteiger charge is 2.46. The van der Waals surface area contributed by atoms with E-state index in [2.05, 4.69) is 4.98 Å². The molecular weight excluding hydrogens is 456 g/mol. The predicted octanol–water partition coefficient (Wildman–Crippen LogP) is 4.76. The van der Waals surface area contributed by atoms with Gasteiger partial charge in [0.05, 0.1) is 30.4 Å². The number of ketones is 1. The summed E-state index contributed by atoms with van der Waals surface area (Å²) in [5.74, 6) is -0.721. The van der Waals surface area contributed by atoms with Gasteiger partial charge in [0.25, 0.3) is 11.7 Å². The van der Waals surface area contributed by atoms with Gasteiger partial charge >= 0.3 is 0 Å². The lowest BCUT2D eigenvalue weighted by Gasteiger charge is -2.25. The number of hydrogen-bond acceptors (Lipinski definition) is 6. The third kappa shape index (κ3) is 4.47. The minimum atomic E-state index is -0.818. The van der Waals surface area contributed by atoms with Crippen molar-refractivity contribution in [3.63, 3.8) is 0 Å². The zero-order valence-corrected chi connectivity index (χ0v) is 19.5. The van der Waals surface area contributed by atoms with Crippen LogP contribution in [0.2, 0.25) is 5.02 Å². The second-order valence-electron chi connectivity index (χ2n) is 7.64. The molecule has 1 amide bonds. The average molecular weight is 479 g/mol. The normalized spacial score (nSPS) is 17.1. The number of rotatable bonds is 7. The van der Waals surface area contributed by atoms with Gasteiger partial charge in [-0.2, -0.15) is 0 Å². The van der Waals surface area contributed by atoms with Crippen LogP contribution in [0.4, 0.5) is 0 Å². The molecule has 7 nitrogen and oxygen atoms in total. The smallest absolute Gasteiger partial charge is 0.295 e. The second-order valence-corrected chi connectivity index (χ2v) is 8.05. The van der Waals surface area contributed by atoms with Crippen LogP contribution in [0.25, 0.3) is 5.76 Å². The highest BCUT2D eigenvalue weighted by Crippen LogP contribution is 2.41. The number of carbonyl (C=O) groups is 2. The fraction of sp³-hybridized carbons (Fsp3) is 0.192. The summed E-state index contributed by atoms with van der Waals surface area (Å²) < 4.78 is 10.7. The van der Waals surface area contributed by atoms with Gasteiger partial charge < -0.3 is 19.5 Å². The number of hydrogen-bond donors (Lipinski definition) is 1. The third-order valence-electron chi connectivity index (χ3n) is 5.56. The molecule has 174 valence electrons. The van der Waals surface area contributed by atoms with E-state index in [1.54, 1.807) is 62.0 Å². The fourth-order valence-corrected chi connectivity index (χ4v) is 4.10. The van der Waals surface area contributed by atoms with E-state index in [0.717, 1.165) is 5.56 Å². The van der Waals surface area contributed by atoms with E-state index in [0.29, 0.717) is 34.3 Å². The van der Waals surface area contributed by atoms with Gasteiger partial charge in [-0.15, -0.1) is 0 Å². The number of pyridine rings is 1. The lowest BCUT2D eigenvalue weighted by atomic mass is 9.96. The lowest BCUT2D eigenvalue weighted by molar-refractivity contribution is -0.140. The van der Waals surface area contributed by atoms with Crippen LogP contribution in [0.1, 0.15) is 29.7 Å². The maximum atomic E-state index is 13.2. The Bertz CT molecular complexity index is 1240. The van der Waals surface area contributed by atoms with Crippen molar-refractivity contribution < 1.29 is 24.2 Å². The number of halogens is 1. The first kappa shape index (κ1) is 23.3. The molecule has 8 heteroatoms. The molecule has 1 atom stereocenters. The number of amides is 1. The maximum absolute atomic E-state index is 13.2.